The van der Waals surface area contributed by atoms with E-state index in [9.17, 15) is 4.79 Å². The number of terminal acetylenes is 1. The largest absolute Gasteiger partial charge is 0.399 e. The van der Waals surface area contributed by atoms with Crippen LogP contribution < -0.4 is 11.1 Å². The second-order valence-electron chi connectivity index (χ2n) is 3.90. The molecule has 0 bridgehead atoms. The number of aryl methyl sites for hydroxylation is 1. The number of nitrogens with two attached hydrogens (primary N) is 1. The molecule has 90 valence electrons. The van der Waals surface area contributed by atoms with E-state index in [-0.39, 0.29) is 5.91 Å². The zero-order valence-electron chi connectivity index (χ0n) is 9.91. The van der Waals surface area contributed by atoms with Crippen LogP contribution in [0.3, 0.4) is 0 Å². The van der Waals surface area contributed by atoms with E-state index < -0.39 is 0 Å². The lowest BCUT2D eigenvalue weighted by Gasteiger charge is -2.04. The van der Waals surface area contributed by atoms with Crippen LogP contribution in [0.25, 0.3) is 0 Å². The van der Waals surface area contributed by atoms with Crippen LogP contribution >= 0.6 is 0 Å². The van der Waals surface area contributed by atoms with Gasteiger partial charge in [-0.2, -0.15) is 0 Å². The Morgan fingerprint density at radius 3 is 3.00 bits per heavy atom. The van der Waals surface area contributed by atoms with Gasteiger partial charge in [0.15, 0.2) is 0 Å². The molecule has 0 aliphatic heterocycles. The van der Waals surface area contributed by atoms with E-state index in [2.05, 4.69) is 11.2 Å². The topological polar surface area (TPSA) is 55.1 Å². The third-order valence-electron chi connectivity index (χ3n) is 2.41. The maximum atomic E-state index is 11.5. The van der Waals surface area contributed by atoms with Crippen LogP contribution in [0.5, 0.6) is 0 Å². The van der Waals surface area contributed by atoms with Crippen molar-refractivity contribution in [2.24, 2.45) is 0 Å². The molecule has 0 heterocycles. The summed E-state index contributed by atoms with van der Waals surface area (Å²) >= 11 is 0. The Hall–Kier alpha value is -1.95. The van der Waals surface area contributed by atoms with Gasteiger partial charge in [-0.1, -0.05) is 12.1 Å². The van der Waals surface area contributed by atoms with E-state index in [4.69, 9.17) is 12.2 Å². The monoisotopic (exact) mass is 230 g/mol. The second kappa shape index (κ2) is 7.34. The molecule has 0 aliphatic rings. The number of carbonyl (C=O) groups is 1. The molecule has 0 unspecified atom stereocenters. The number of hydrogen-bond donors (Lipinski definition) is 2. The fraction of sp³-hybridized carbons (Fsp3) is 0.357. The third-order valence-corrected chi connectivity index (χ3v) is 2.41. The molecular formula is C14H18N2O. The van der Waals surface area contributed by atoms with Crippen molar-refractivity contribution in [3.8, 4) is 12.3 Å². The van der Waals surface area contributed by atoms with Crippen molar-refractivity contribution in [1.82, 2.24) is 5.32 Å². The van der Waals surface area contributed by atoms with Crippen LogP contribution in [-0.4, -0.2) is 12.5 Å². The normalized spacial score (nSPS) is 9.59. The van der Waals surface area contributed by atoms with E-state index in [0.29, 0.717) is 25.8 Å². The Kier molecular flexibility index (Phi) is 5.67. The molecule has 1 amide bonds. The molecule has 3 nitrogen and oxygen atoms in total. The number of nitrogens with one attached hydrogen (secondary N) is 1. The van der Waals surface area contributed by atoms with E-state index in [1.807, 2.05) is 24.3 Å². The quantitative estimate of drug-likeness (QED) is 0.444. The molecule has 3 heteroatoms. The van der Waals surface area contributed by atoms with Crippen molar-refractivity contribution in [1.29, 1.82) is 0 Å². The molecule has 1 aromatic carbocycles. The van der Waals surface area contributed by atoms with E-state index in [1.54, 1.807) is 0 Å². The highest BCUT2D eigenvalue weighted by Crippen LogP contribution is 2.08. The van der Waals surface area contributed by atoms with Crippen molar-refractivity contribution in [2.45, 2.75) is 25.7 Å². The molecule has 0 aromatic heterocycles. The number of nitrogen functional groups attached to an aromatic ring is 1. The minimum Gasteiger partial charge on any atom is -0.399 e. The Morgan fingerprint density at radius 1 is 1.47 bits per heavy atom. The summed E-state index contributed by atoms with van der Waals surface area (Å²) in [5, 5.41) is 2.84. The van der Waals surface area contributed by atoms with E-state index >= 15 is 0 Å². The minimum absolute atomic E-state index is 0.0597. The molecule has 0 fully saturated rings. The standard InChI is InChI=1S/C14H18N2O/c1-2-3-4-10-16-14(17)9-8-12-6-5-7-13(15)11-12/h1,5-7,11H,3-4,8-10,15H2,(H,16,17). The average Bonchev–Trinajstić information content (AvgIpc) is 2.32. The van der Waals surface area contributed by atoms with Crippen LogP contribution in [-0.2, 0) is 11.2 Å². The molecule has 0 spiro atoms. The number of amides is 1. The van der Waals surface area contributed by atoms with Crippen LogP contribution in [0.2, 0.25) is 0 Å². The van der Waals surface area contributed by atoms with Crippen molar-refractivity contribution < 1.29 is 4.79 Å². The molecule has 17 heavy (non-hydrogen) atoms. The highest BCUT2D eigenvalue weighted by atomic mass is 16.1. The number of carbonyl (C=O) groups excluding carboxylic acids is 1. The van der Waals surface area contributed by atoms with Gasteiger partial charge in [0.05, 0.1) is 0 Å². The van der Waals surface area contributed by atoms with Gasteiger partial charge in [-0.3, -0.25) is 4.79 Å². The summed E-state index contributed by atoms with van der Waals surface area (Å²) in [4.78, 5) is 11.5. The first-order chi connectivity index (χ1) is 8.22. The number of rotatable bonds is 6. The summed E-state index contributed by atoms with van der Waals surface area (Å²) in [5.41, 5.74) is 7.48. The van der Waals surface area contributed by atoms with Gasteiger partial charge >= 0.3 is 0 Å². The highest BCUT2D eigenvalue weighted by Gasteiger charge is 2.01. The van der Waals surface area contributed by atoms with Crippen molar-refractivity contribution in [3.63, 3.8) is 0 Å². The van der Waals surface area contributed by atoms with Gasteiger partial charge in [-0.25, -0.2) is 0 Å². The average molecular weight is 230 g/mol. The molecular weight excluding hydrogens is 212 g/mol. The maximum absolute atomic E-state index is 11.5. The smallest absolute Gasteiger partial charge is 0.220 e. The fourth-order valence-electron chi connectivity index (χ4n) is 1.51. The Balaban J connectivity index is 2.22. The van der Waals surface area contributed by atoms with Gasteiger partial charge in [0.25, 0.3) is 0 Å². The summed E-state index contributed by atoms with van der Waals surface area (Å²) in [5.74, 6) is 2.60. The van der Waals surface area contributed by atoms with Gasteiger partial charge in [0, 0.05) is 25.1 Å². The van der Waals surface area contributed by atoms with Gasteiger partial charge in [-0.05, 0) is 30.5 Å². The first-order valence-electron chi connectivity index (χ1n) is 5.77. The number of anilines is 1. The van der Waals surface area contributed by atoms with Crippen LogP contribution in [0, 0.1) is 12.3 Å². The van der Waals surface area contributed by atoms with Crippen LogP contribution in [0.4, 0.5) is 5.69 Å². The summed E-state index contributed by atoms with van der Waals surface area (Å²) in [6.45, 7) is 0.653. The molecule has 0 radical (unpaired) electrons. The summed E-state index contributed by atoms with van der Waals surface area (Å²) in [6.07, 6.45) is 7.86. The van der Waals surface area contributed by atoms with Crippen LogP contribution in [0.15, 0.2) is 24.3 Å². The van der Waals surface area contributed by atoms with Gasteiger partial charge in [0.2, 0.25) is 5.91 Å². The number of benzene rings is 1. The molecule has 0 saturated carbocycles. The van der Waals surface area contributed by atoms with E-state index in [1.165, 1.54) is 0 Å². The Morgan fingerprint density at radius 2 is 2.29 bits per heavy atom. The maximum Gasteiger partial charge on any atom is 0.220 e. The third kappa shape index (κ3) is 5.62. The first-order valence-corrected chi connectivity index (χ1v) is 5.77. The lowest BCUT2D eigenvalue weighted by atomic mass is 10.1. The minimum atomic E-state index is 0.0597. The zero-order valence-corrected chi connectivity index (χ0v) is 9.91. The second-order valence-corrected chi connectivity index (χ2v) is 3.90. The lowest BCUT2D eigenvalue weighted by Crippen LogP contribution is -2.24. The summed E-state index contributed by atoms with van der Waals surface area (Å²) < 4.78 is 0. The first kappa shape index (κ1) is 13.1. The zero-order chi connectivity index (χ0) is 12.5. The van der Waals surface area contributed by atoms with Crippen molar-refractivity contribution >= 4 is 11.6 Å². The molecule has 1 rings (SSSR count). The highest BCUT2D eigenvalue weighted by molar-refractivity contribution is 5.76. The summed E-state index contributed by atoms with van der Waals surface area (Å²) in [6, 6.07) is 7.60. The van der Waals surface area contributed by atoms with E-state index in [0.717, 1.165) is 17.7 Å². The van der Waals surface area contributed by atoms with Crippen molar-refractivity contribution in [2.75, 3.05) is 12.3 Å². The predicted octanol–water partition coefficient (Wildman–Crippen LogP) is 1.73. The fourth-order valence-corrected chi connectivity index (χ4v) is 1.51. The number of unbranched alkanes of at least 4 members (excludes halogenated alkanes) is 1. The van der Waals surface area contributed by atoms with Crippen molar-refractivity contribution in [3.05, 3.63) is 29.8 Å². The molecule has 0 saturated heterocycles. The number of hydrogen-bond acceptors (Lipinski definition) is 2. The van der Waals surface area contributed by atoms with Gasteiger partial charge in [0.1, 0.15) is 0 Å². The van der Waals surface area contributed by atoms with Crippen LogP contribution in [0.1, 0.15) is 24.8 Å². The summed E-state index contributed by atoms with van der Waals surface area (Å²) in [7, 11) is 0. The predicted molar refractivity (Wildman–Crippen MR) is 70.3 cm³/mol. The molecule has 0 atom stereocenters. The molecule has 0 aliphatic carbocycles. The van der Waals surface area contributed by atoms with Gasteiger partial charge < -0.3 is 11.1 Å². The Bertz CT molecular complexity index is 407. The SMILES string of the molecule is C#CCCCNC(=O)CCc1cccc(N)c1. The lowest BCUT2D eigenvalue weighted by molar-refractivity contribution is -0.121. The van der Waals surface area contributed by atoms with Gasteiger partial charge in [-0.15, -0.1) is 12.3 Å². The Labute approximate surface area is 102 Å². The molecule has 3 N–H and O–H groups in total. The molecule has 1 aromatic rings.